The number of H-pyrrole nitrogens is 1. The first-order chi connectivity index (χ1) is 13.6. The quantitative estimate of drug-likeness (QED) is 0.745. The third-order valence-corrected chi connectivity index (χ3v) is 5.04. The summed E-state index contributed by atoms with van der Waals surface area (Å²) < 4.78 is 26.8. The molecule has 0 aliphatic carbocycles. The first-order valence-electron chi connectivity index (χ1n) is 9.30. The second kappa shape index (κ2) is 7.98. The van der Waals surface area contributed by atoms with Gasteiger partial charge in [-0.25, -0.2) is 13.8 Å². The van der Waals surface area contributed by atoms with Crippen LogP contribution >= 0.6 is 0 Å². The fourth-order valence-electron chi connectivity index (χ4n) is 3.68. The predicted molar refractivity (Wildman–Crippen MR) is 101 cm³/mol. The number of pyridine rings is 1. The Hall–Kier alpha value is -2.93. The summed E-state index contributed by atoms with van der Waals surface area (Å²) in [6.45, 7) is 1.28. The standard InChI is InChI=1S/C21H20F2N4O/c22-16-5-4-14(11-17(16)23)13-27-10-2-1-3-19(27)18-12-20(28)26-21(25-18)15-6-8-24-9-7-15/h4-9,11-12,19H,1-3,10,13H2,(H,25,26,28). The lowest BCUT2D eigenvalue weighted by Gasteiger charge is -2.35. The molecule has 1 aromatic carbocycles. The lowest BCUT2D eigenvalue weighted by molar-refractivity contribution is 0.137. The van der Waals surface area contributed by atoms with Gasteiger partial charge in [0.2, 0.25) is 0 Å². The molecule has 0 saturated carbocycles. The Kier molecular flexibility index (Phi) is 5.25. The molecule has 0 amide bonds. The predicted octanol–water partition coefficient (Wildman–Crippen LogP) is 3.84. The van der Waals surface area contributed by atoms with E-state index in [1.165, 1.54) is 12.1 Å². The normalized spacial score (nSPS) is 17.6. The molecular formula is C21H20F2N4O. The molecular weight excluding hydrogens is 362 g/mol. The van der Waals surface area contributed by atoms with E-state index in [9.17, 15) is 13.6 Å². The number of rotatable bonds is 4. The highest BCUT2D eigenvalue weighted by atomic mass is 19.2. The molecule has 1 saturated heterocycles. The van der Waals surface area contributed by atoms with Crippen LogP contribution in [0.3, 0.4) is 0 Å². The Labute approximate surface area is 161 Å². The van der Waals surface area contributed by atoms with Crippen molar-refractivity contribution in [2.45, 2.75) is 31.8 Å². The van der Waals surface area contributed by atoms with Crippen LogP contribution in [0.4, 0.5) is 8.78 Å². The van der Waals surface area contributed by atoms with E-state index < -0.39 is 11.6 Å². The molecule has 144 valence electrons. The van der Waals surface area contributed by atoms with Crippen molar-refractivity contribution in [1.82, 2.24) is 19.9 Å². The molecule has 2 aromatic heterocycles. The van der Waals surface area contributed by atoms with Crippen molar-refractivity contribution in [3.8, 4) is 11.4 Å². The fraction of sp³-hybridized carbons (Fsp3) is 0.286. The summed E-state index contributed by atoms with van der Waals surface area (Å²) >= 11 is 0. The van der Waals surface area contributed by atoms with Crippen LogP contribution in [0.15, 0.2) is 53.6 Å². The molecule has 4 rings (SSSR count). The summed E-state index contributed by atoms with van der Waals surface area (Å²) in [5, 5.41) is 0. The maximum absolute atomic E-state index is 13.6. The Morgan fingerprint density at radius 2 is 1.89 bits per heavy atom. The smallest absolute Gasteiger partial charge is 0.251 e. The molecule has 1 N–H and O–H groups in total. The average Bonchev–Trinajstić information content (AvgIpc) is 2.71. The molecule has 1 aliphatic heterocycles. The Morgan fingerprint density at radius 3 is 2.68 bits per heavy atom. The lowest BCUT2D eigenvalue weighted by Crippen LogP contribution is -2.34. The van der Waals surface area contributed by atoms with Gasteiger partial charge in [0.05, 0.1) is 11.7 Å². The van der Waals surface area contributed by atoms with Gasteiger partial charge in [0.25, 0.3) is 5.56 Å². The monoisotopic (exact) mass is 382 g/mol. The molecule has 0 radical (unpaired) electrons. The van der Waals surface area contributed by atoms with Crippen LogP contribution in [0.25, 0.3) is 11.4 Å². The molecule has 0 bridgehead atoms. The molecule has 1 unspecified atom stereocenters. The van der Waals surface area contributed by atoms with Gasteiger partial charge >= 0.3 is 0 Å². The van der Waals surface area contributed by atoms with E-state index >= 15 is 0 Å². The molecule has 0 spiro atoms. The van der Waals surface area contributed by atoms with Crippen molar-refractivity contribution in [2.75, 3.05) is 6.54 Å². The number of halogens is 2. The second-order valence-electron chi connectivity index (χ2n) is 6.99. The molecule has 3 aromatic rings. The summed E-state index contributed by atoms with van der Waals surface area (Å²) in [5.41, 5.74) is 1.97. The van der Waals surface area contributed by atoms with Crippen molar-refractivity contribution in [3.05, 3.63) is 82.0 Å². The molecule has 1 aliphatic rings. The minimum absolute atomic E-state index is 0.0512. The second-order valence-corrected chi connectivity index (χ2v) is 6.99. The van der Waals surface area contributed by atoms with Gasteiger partial charge in [0.1, 0.15) is 5.82 Å². The van der Waals surface area contributed by atoms with Gasteiger partial charge in [-0.3, -0.25) is 14.7 Å². The summed E-state index contributed by atoms with van der Waals surface area (Å²) in [6.07, 6.45) is 6.20. The van der Waals surface area contributed by atoms with Crippen molar-refractivity contribution < 1.29 is 8.78 Å². The molecule has 3 heterocycles. The van der Waals surface area contributed by atoms with Gasteiger partial charge in [0, 0.05) is 30.6 Å². The first kappa shape index (κ1) is 18.4. The topological polar surface area (TPSA) is 61.9 Å². The zero-order valence-electron chi connectivity index (χ0n) is 15.2. The van der Waals surface area contributed by atoms with Gasteiger partial charge in [0.15, 0.2) is 11.6 Å². The third kappa shape index (κ3) is 3.99. The van der Waals surface area contributed by atoms with Gasteiger partial charge in [-0.15, -0.1) is 0 Å². The van der Waals surface area contributed by atoms with E-state index in [0.717, 1.165) is 37.4 Å². The van der Waals surface area contributed by atoms with Gasteiger partial charge in [-0.1, -0.05) is 12.5 Å². The maximum atomic E-state index is 13.6. The number of piperidine rings is 1. The van der Waals surface area contributed by atoms with E-state index in [0.29, 0.717) is 23.6 Å². The zero-order chi connectivity index (χ0) is 19.5. The van der Waals surface area contributed by atoms with Crippen LogP contribution in [0, 0.1) is 11.6 Å². The maximum Gasteiger partial charge on any atom is 0.251 e. The van der Waals surface area contributed by atoms with Crippen molar-refractivity contribution in [1.29, 1.82) is 0 Å². The van der Waals surface area contributed by atoms with Gasteiger partial charge in [-0.2, -0.15) is 0 Å². The highest BCUT2D eigenvalue weighted by Gasteiger charge is 2.26. The summed E-state index contributed by atoms with van der Waals surface area (Å²) in [5.74, 6) is -1.19. The molecule has 1 fully saturated rings. The van der Waals surface area contributed by atoms with Crippen LogP contribution in [-0.2, 0) is 6.54 Å². The van der Waals surface area contributed by atoms with E-state index in [4.69, 9.17) is 4.98 Å². The number of hydrogen-bond donors (Lipinski definition) is 1. The van der Waals surface area contributed by atoms with Gasteiger partial charge in [-0.05, 0) is 49.2 Å². The van der Waals surface area contributed by atoms with Crippen LogP contribution in [0.1, 0.15) is 36.6 Å². The van der Waals surface area contributed by atoms with Crippen molar-refractivity contribution in [3.63, 3.8) is 0 Å². The Balaban J connectivity index is 1.65. The van der Waals surface area contributed by atoms with E-state index in [1.54, 1.807) is 30.6 Å². The van der Waals surface area contributed by atoms with Gasteiger partial charge < -0.3 is 4.98 Å². The minimum atomic E-state index is -0.850. The largest absolute Gasteiger partial charge is 0.307 e. The van der Waals surface area contributed by atoms with Crippen LogP contribution in [0.2, 0.25) is 0 Å². The van der Waals surface area contributed by atoms with Crippen LogP contribution in [0.5, 0.6) is 0 Å². The Morgan fingerprint density at radius 1 is 1.07 bits per heavy atom. The number of aromatic nitrogens is 3. The summed E-state index contributed by atoms with van der Waals surface area (Å²) in [6, 6.07) is 9.04. The van der Waals surface area contributed by atoms with E-state index in [2.05, 4.69) is 14.9 Å². The molecule has 5 nitrogen and oxygen atoms in total. The van der Waals surface area contributed by atoms with E-state index in [1.807, 2.05) is 0 Å². The Bertz CT molecular complexity index is 1020. The van der Waals surface area contributed by atoms with Crippen LogP contribution < -0.4 is 5.56 Å². The zero-order valence-corrected chi connectivity index (χ0v) is 15.2. The number of benzene rings is 1. The number of likely N-dealkylation sites (tertiary alicyclic amines) is 1. The summed E-state index contributed by atoms with van der Waals surface area (Å²) in [7, 11) is 0. The third-order valence-electron chi connectivity index (χ3n) is 5.04. The number of nitrogens with one attached hydrogen (secondary N) is 1. The number of hydrogen-bond acceptors (Lipinski definition) is 4. The molecule has 28 heavy (non-hydrogen) atoms. The van der Waals surface area contributed by atoms with Crippen LogP contribution in [-0.4, -0.2) is 26.4 Å². The number of nitrogens with zero attached hydrogens (tertiary/aromatic N) is 3. The van der Waals surface area contributed by atoms with Crippen molar-refractivity contribution >= 4 is 0 Å². The highest BCUT2D eigenvalue weighted by Crippen LogP contribution is 2.31. The molecule has 7 heteroatoms. The average molecular weight is 382 g/mol. The molecule has 1 atom stereocenters. The number of aromatic amines is 1. The van der Waals surface area contributed by atoms with Crippen molar-refractivity contribution in [2.24, 2.45) is 0 Å². The SMILES string of the molecule is O=c1cc(C2CCCCN2Cc2ccc(F)c(F)c2)nc(-c2ccncc2)[nH]1. The minimum Gasteiger partial charge on any atom is -0.307 e. The fourth-order valence-corrected chi connectivity index (χ4v) is 3.68. The lowest BCUT2D eigenvalue weighted by atomic mass is 9.98. The summed E-state index contributed by atoms with van der Waals surface area (Å²) in [4.78, 5) is 25.9. The first-order valence-corrected chi connectivity index (χ1v) is 9.30. The highest BCUT2D eigenvalue weighted by molar-refractivity contribution is 5.53. The van der Waals surface area contributed by atoms with E-state index in [-0.39, 0.29) is 11.6 Å².